The Balaban J connectivity index is 2.03. The van der Waals surface area contributed by atoms with E-state index >= 15 is 0 Å². The zero-order valence-electron chi connectivity index (χ0n) is 10.9. The number of rotatable bonds is 1. The minimum atomic E-state index is -0.181. The van der Waals surface area contributed by atoms with Crippen LogP contribution in [-0.4, -0.2) is 0 Å². The number of fused-ring (bicyclic) bond motifs is 1. The molecule has 0 spiro atoms. The second-order valence-corrected chi connectivity index (χ2v) is 5.09. The van der Waals surface area contributed by atoms with E-state index in [4.69, 9.17) is 5.73 Å². The monoisotopic (exact) mass is 253 g/mol. The normalized spacial score (nSPS) is 15.8. The summed E-state index contributed by atoms with van der Waals surface area (Å²) >= 11 is 0. The Morgan fingerprint density at radius 3 is 2.74 bits per heavy atom. The lowest BCUT2D eigenvalue weighted by molar-refractivity contribution is 0.626. The number of hydrogen-bond acceptors (Lipinski definition) is 1. The first kappa shape index (κ1) is 12.0. The van der Waals surface area contributed by atoms with Gasteiger partial charge in [-0.1, -0.05) is 18.2 Å². The summed E-state index contributed by atoms with van der Waals surface area (Å²) in [6, 6.07) is 11.0. The van der Waals surface area contributed by atoms with Crippen LogP contribution in [0, 0.1) is 12.7 Å². The Morgan fingerprint density at radius 1 is 1.11 bits per heavy atom. The van der Waals surface area contributed by atoms with Crippen LogP contribution in [0.2, 0.25) is 0 Å². The summed E-state index contributed by atoms with van der Waals surface area (Å²) in [5.74, 6) is -0.181. The highest BCUT2D eigenvalue weighted by molar-refractivity contribution is 5.86. The lowest BCUT2D eigenvalue weighted by Gasteiger charge is -2.05. The van der Waals surface area contributed by atoms with Crippen LogP contribution >= 0.6 is 0 Å². The van der Waals surface area contributed by atoms with Crippen molar-refractivity contribution >= 4 is 17.3 Å². The Morgan fingerprint density at radius 2 is 1.95 bits per heavy atom. The van der Waals surface area contributed by atoms with Gasteiger partial charge in [0.05, 0.1) is 0 Å². The maximum absolute atomic E-state index is 13.1. The Labute approximate surface area is 112 Å². The van der Waals surface area contributed by atoms with Gasteiger partial charge < -0.3 is 5.73 Å². The number of aryl methyl sites for hydroxylation is 2. The van der Waals surface area contributed by atoms with Crippen molar-refractivity contribution in [3.05, 3.63) is 64.5 Å². The van der Waals surface area contributed by atoms with E-state index in [2.05, 4.69) is 12.1 Å². The van der Waals surface area contributed by atoms with Gasteiger partial charge in [-0.2, -0.15) is 0 Å². The number of hydrogen-bond donors (Lipinski definition) is 1. The van der Waals surface area contributed by atoms with Crippen LogP contribution in [0.3, 0.4) is 0 Å². The van der Waals surface area contributed by atoms with Crippen LogP contribution < -0.4 is 5.73 Å². The minimum Gasteiger partial charge on any atom is -0.399 e. The van der Waals surface area contributed by atoms with E-state index in [0.717, 1.165) is 29.7 Å². The third-order valence-corrected chi connectivity index (χ3v) is 3.70. The molecular formula is C17H16FN. The first-order valence-electron chi connectivity index (χ1n) is 6.49. The van der Waals surface area contributed by atoms with Crippen molar-refractivity contribution in [1.82, 2.24) is 0 Å². The molecule has 0 fully saturated rings. The van der Waals surface area contributed by atoms with Crippen LogP contribution in [0.15, 0.2) is 36.4 Å². The molecule has 1 aliphatic rings. The quantitative estimate of drug-likeness (QED) is 0.757. The lowest BCUT2D eigenvalue weighted by atomic mass is 10.0. The molecule has 0 bridgehead atoms. The fourth-order valence-corrected chi connectivity index (χ4v) is 2.68. The Hall–Kier alpha value is -2.09. The molecular weight excluding hydrogens is 237 g/mol. The summed E-state index contributed by atoms with van der Waals surface area (Å²) in [6.45, 7) is 1.94. The Bertz CT molecular complexity index is 671. The van der Waals surface area contributed by atoms with Gasteiger partial charge in [-0.3, -0.25) is 0 Å². The molecule has 19 heavy (non-hydrogen) atoms. The van der Waals surface area contributed by atoms with E-state index in [9.17, 15) is 4.39 Å². The summed E-state index contributed by atoms with van der Waals surface area (Å²) in [6.07, 6.45) is 4.22. The molecule has 0 saturated heterocycles. The van der Waals surface area contributed by atoms with Crippen molar-refractivity contribution in [2.24, 2.45) is 0 Å². The molecule has 0 aromatic heterocycles. The molecule has 0 aliphatic heterocycles. The second-order valence-electron chi connectivity index (χ2n) is 5.09. The van der Waals surface area contributed by atoms with Crippen LogP contribution in [0.1, 0.15) is 28.7 Å². The van der Waals surface area contributed by atoms with Gasteiger partial charge in [0.2, 0.25) is 0 Å². The van der Waals surface area contributed by atoms with Gasteiger partial charge >= 0.3 is 0 Å². The average Bonchev–Trinajstić information content (AvgIpc) is 2.75. The SMILES string of the molecule is Cc1cc(F)ccc1/C=C1/CCc2cc(N)ccc21. The van der Waals surface area contributed by atoms with Crippen molar-refractivity contribution in [3.63, 3.8) is 0 Å². The highest BCUT2D eigenvalue weighted by Gasteiger charge is 2.16. The van der Waals surface area contributed by atoms with Crippen LogP contribution in [0.4, 0.5) is 10.1 Å². The van der Waals surface area contributed by atoms with Gasteiger partial charge in [-0.15, -0.1) is 0 Å². The predicted molar refractivity (Wildman–Crippen MR) is 78.2 cm³/mol. The summed E-state index contributed by atoms with van der Waals surface area (Å²) in [5, 5.41) is 0. The first-order valence-corrected chi connectivity index (χ1v) is 6.49. The number of benzene rings is 2. The highest BCUT2D eigenvalue weighted by Crippen LogP contribution is 2.35. The highest BCUT2D eigenvalue weighted by atomic mass is 19.1. The zero-order chi connectivity index (χ0) is 13.4. The molecule has 0 unspecified atom stereocenters. The molecule has 1 aliphatic carbocycles. The van der Waals surface area contributed by atoms with Gasteiger partial charge in [0.25, 0.3) is 0 Å². The zero-order valence-corrected chi connectivity index (χ0v) is 10.9. The van der Waals surface area contributed by atoms with Gasteiger partial charge in [0.15, 0.2) is 0 Å². The molecule has 3 rings (SSSR count). The fourth-order valence-electron chi connectivity index (χ4n) is 2.68. The lowest BCUT2D eigenvalue weighted by Crippen LogP contribution is -1.88. The summed E-state index contributed by atoms with van der Waals surface area (Å²) in [5.41, 5.74) is 12.6. The number of nitrogens with two attached hydrogens (primary N) is 1. The number of halogens is 1. The molecule has 96 valence electrons. The Kier molecular flexibility index (Phi) is 2.86. The molecule has 0 atom stereocenters. The molecule has 0 radical (unpaired) electrons. The third-order valence-electron chi connectivity index (χ3n) is 3.70. The van der Waals surface area contributed by atoms with Crippen molar-refractivity contribution in [1.29, 1.82) is 0 Å². The molecule has 2 aromatic carbocycles. The maximum atomic E-state index is 13.1. The molecule has 2 aromatic rings. The van der Waals surface area contributed by atoms with Crippen molar-refractivity contribution in [3.8, 4) is 0 Å². The van der Waals surface area contributed by atoms with Gasteiger partial charge in [-0.05, 0) is 71.9 Å². The number of allylic oxidation sites excluding steroid dienone is 1. The molecule has 1 nitrogen and oxygen atoms in total. The van der Waals surface area contributed by atoms with Crippen LogP contribution in [-0.2, 0) is 6.42 Å². The molecule has 0 amide bonds. The van der Waals surface area contributed by atoms with Crippen LogP contribution in [0.25, 0.3) is 11.6 Å². The van der Waals surface area contributed by atoms with Crippen molar-refractivity contribution < 1.29 is 4.39 Å². The standard InChI is InChI=1S/C17H16FN/c1-11-8-15(18)5-4-12(11)9-13-2-3-14-10-16(19)6-7-17(13)14/h4-10H,2-3,19H2,1H3/b13-9-. The molecule has 2 N–H and O–H groups in total. The molecule has 0 heterocycles. The first-order chi connectivity index (χ1) is 9.13. The number of anilines is 1. The van der Waals surface area contributed by atoms with E-state index in [-0.39, 0.29) is 5.82 Å². The van der Waals surface area contributed by atoms with Crippen molar-refractivity contribution in [2.45, 2.75) is 19.8 Å². The molecule has 0 saturated carbocycles. The topological polar surface area (TPSA) is 26.0 Å². The van der Waals surface area contributed by atoms with Gasteiger partial charge in [-0.25, -0.2) is 4.39 Å². The maximum Gasteiger partial charge on any atom is 0.123 e. The second kappa shape index (κ2) is 4.54. The van der Waals surface area contributed by atoms with E-state index in [0.29, 0.717) is 0 Å². The summed E-state index contributed by atoms with van der Waals surface area (Å²) in [4.78, 5) is 0. The van der Waals surface area contributed by atoms with Gasteiger partial charge in [0, 0.05) is 5.69 Å². The van der Waals surface area contributed by atoms with E-state index < -0.39 is 0 Å². The number of nitrogen functional groups attached to an aromatic ring is 1. The average molecular weight is 253 g/mol. The van der Waals surface area contributed by atoms with E-state index in [1.165, 1.54) is 22.8 Å². The largest absolute Gasteiger partial charge is 0.399 e. The third kappa shape index (κ3) is 2.26. The van der Waals surface area contributed by atoms with Gasteiger partial charge in [0.1, 0.15) is 5.82 Å². The van der Waals surface area contributed by atoms with E-state index in [1.54, 1.807) is 6.07 Å². The van der Waals surface area contributed by atoms with Crippen LogP contribution in [0.5, 0.6) is 0 Å². The van der Waals surface area contributed by atoms with E-state index in [1.807, 2.05) is 25.1 Å². The predicted octanol–water partition coefficient (Wildman–Crippen LogP) is 4.20. The summed E-state index contributed by atoms with van der Waals surface area (Å²) < 4.78 is 13.1. The fraction of sp³-hybridized carbons (Fsp3) is 0.176. The van der Waals surface area contributed by atoms with Crippen molar-refractivity contribution in [2.75, 3.05) is 5.73 Å². The summed E-state index contributed by atoms with van der Waals surface area (Å²) in [7, 11) is 0. The minimum absolute atomic E-state index is 0.181. The molecule has 2 heteroatoms. The smallest absolute Gasteiger partial charge is 0.123 e.